The van der Waals surface area contributed by atoms with Crippen molar-refractivity contribution in [3.63, 3.8) is 0 Å². The lowest BCUT2D eigenvalue weighted by atomic mass is 9.97. The Labute approximate surface area is 205 Å². The first-order valence-electron chi connectivity index (χ1n) is 10.8. The smallest absolute Gasteiger partial charge is 0.236 e. The first-order chi connectivity index (χ1) is 16.1. The molecule has 0 saturated carbocycles. The van der Waals surface area contributed by atoms with Crippen molar-refractivity contribution >= 4 is 56.0 Å². The van der Waals surface area contributed by atoms with Crippen molar-refractivity contribution < 1.29 is 4.79 Å². The third-order valence-corrected chi connectivity index (χ3v) is 7.76. The van der Waals surface area contributed by atoms with Crippen molar-refractivity contribution in [2.75, 3.05) is 24.2 Å². The van der Waals surface area contributed by atoms with Gasteiger partial charge in [0, 0.05) is 5.92 Å². The van der Waals surface area contributed by atoms with E-state index in [4.69, 9.17) is 11.6 Å². The van der Waals surface area contributed by atoms with Crippen molar-refractivity contribution in [2.24, 2.45) is 0 Å². The Balaban J connectivity index is 1.35. The molecule has 2 aromatic carbocycles. The molecule has 1 fully saturated rings. The van der Waals surface area contributed by atoms with Crippen LogP contribution in [0.1, 0.15) is 30.1 Å². The molecule has 2 N–H and O–H groups in total. The van der Waals surface area contributed by atoms with Crippen LogP contribution in [0, 0.1) is 6.92 Å². The monoisotopic (exact) mass is 498 g/mol. The maximum atomic E-state index is 12.7. The second kappa shape index (κ2) is 9.80. The molecule has 0 atom stereocenters. The van der Waals surface area contributed by atoms with Crippen LogP contribution in [0.2, 0.25) is 5.02 Å². The largest absolute Gasteiger partial charge is 0.317 e. The van der Waals surface area contributed by atoms with Crippen LogP contribution in [0.3, 0.4) is 0 Å². The lowest BCUT2D eigenvalue weighted by Gasteiger charge is -2.23. The Morgan fingerprint density at radius 2 is 2.06 bits per heavy atom. The predicted molar refractivity (Wildman–Crippen MR) is 135 cm³/mol. The number of rotatable bonds is 6. The number of aromatic nitrogens is 4. The van der Waals surface area contributed by atoms with Crippen molar-refractivity contribution in [1.29, 1.82) is 0 Å². The zero-order valence-corrected chi connectivity index (χ0v) is 20.4. The summed E-state index contributed by atoms with van der Waals surface area (Å²) in [4.78, 5) is 17.2. The molecule has 33 heavy (non-hydrogen) atoms. The fraction of sp³-hybridized carbons (Fsp3) is 0.304. The van der Waals surface area contributed by atoms with Crippen molar-refractivity contribution in [3.8, 4) is 5.69 Å². The number of thioether (sulfide) groups is 1. The van der Waals surface area contributed by atoms with Crippen LogP contribution < -0.4 is 10.6 Å². The minimum atomic E-state index is -0.132. The van der Waals surface area contributed by atoms with Gasteiger partial charge in [-0.3, -0.25) is 9.36 Å². The van der Waals surface area contributed by atoms with Gasteiger partial charge < -0.3 is 10.6 Å². The summed E-state index contributed by atoms with van der Waals surface area (Å²) in [5, 5.41) is 17.2. The van der Waals surface area contributed by atoms with Crippen LogP contribution in [0.15, 0.2) is 47.6 Å². The molecule has 5 rings (SSSR count). The molecule has 1 aliphatic rings. The summed E-state index contributed by atoms with van der Waals surface area (Å²) in [6.07, 6.45) is 1.98. The molecular weight excluding hydrogens is 476 g/mol. The van der Waals surface area contributed by atoms with Gasteiger partial charge in [-0.2, -0.15) is 0 Å². The maximum Gasteiger partial charge on any atom is 0.236 e. The van der Waals surface area contributed by atoms with Crippen molar-refractivity contribution in [1.82, 2.24) is 25.1 Å². The van der Waals surface area contributed by atoms with Gasteiger partial charge in [0.1, 0.15) is 5.82 Å². The summed E-state index contributed by atoms with van der Waals surface area (Å²) in [6.45, 7) is 3.94. The van der Waals surface area contributed by atoms with E-state index in [1.807, 2.05) is 47.9 Å². The number of fused-ring (bicyclic) bond motifs is 1. The van der Waals surface area contributed by atoms with E-state index in [0.717, 1.165) is 47.7 Å². The fourth-order valence-electron chi connectivity index (χ4n) is 3.95. The highest BCUT2D eigenvalue weighted by molar-refractivity contribution is 7.99. The Morgan fingerprint density at radius 3 is 2.88 bits per heavy atom. The quantitative estimate of drug-likeness (QED) is 0.362. The highest BCUT2D eigenvalue weighted by Crippen LogP contribution is 2.33. The topological polar surface area (TPSA) is 84.7 Å². The molecule has 4 aromatic rings. The zero-order valence-electron chi connectivity index (χ0n) is 18.0. The molecule has 1 saturated heterocycles. The number of hydrogen-bond acceptors (Lipinski definition) is 7. The number of halogens is 1. The van der Waals surface area contributed by atoms with Crippen LogP contribution in [-0.2, 0) is 4.79 Å². The van der Waals surface area contributed by atoms with Gasteiger partial charge in [-0.05, 0) is 62.7 Å². The summed E-state index contributed by atoms with van der Waals surface area (Å²) in [5.41, 5.74) is 2.89. The summed E-state index contributed by atoms with van der Waals surface area (Å²) in [7, 11) is 0. The number of anilines is 1. The van der Waals surface area contributed by atoms with Gasteiger partial charge in [0.15, 0.2) is 10.3 Å². The lowest BCUT2D eigenvalue weighted by Crippen LogP contribution is -2.28. The molecule has 2 aromatic heterocycles. The van der Waals surface area contributed by atoms with E-state index < -0.39 is 0 Å². The Morgan fingerprint density at radius 1 is 1.24 bits per heavy atom. The number of carbonyl (C=O) groups is 1. The van der Waals surface area contributed by atoms with Crippen LogP contribution in [0.25, 0.3) is 15.9 Å². The first kappa shape index (κ1) is 22.3. The van der Waals surface area contributed by atoms with Gasteiger partial charge in [-0.15, -0.1) is 10.2 Å². The molecule has 7 nitrogen and oxygen atoms in total. The second-order valence-electron chi connectivity index (χ2n) is 7.98. The van der Waals surface area contributed by atoms with E-state index in [9.17, 15) is 4.79 Å². The molecule has 0 unspecified atom stereocenters. The SMILES string of the molecule is Cc1ccc2nc(NC(=O)CSc3nnc(C4CCNCC4)n3-c3ccccc3Cl)sc2c1. The van der Waals surface area contributed by atoms with Gasteiger partial charge in [0.25, 0.3) is 0 Å². The van der Waals surface area contributed by atoms with Crippen LogP contribution in [0.5, 0.6) is 0 Å². The zero-order chi connectivity index (χ0) is 22.8. The van der Waals surface area contributed by atoms with Gasteiger partial charge in [0.05, 0.1) is 26.7 Å². The molecule has 0 aliphatic carbocycles. The van der Waals surface area contributed by atoms with Gasteiger partial charge in [-0.1, -0.05) is 52.9 Å². The van der Waals surface area contributed by atoms with E-state index in [2.05, 4.69) is 31.9 Å². The lowest BCUT2D eigenvalue weighted by molar-refractivity contribution is -0.113. The van der Waals surface area contributed by atoms with E-state index >= 15 is 0 Å². The number of hydrogen-bond donors (Lipinski definition) is 2. The molecule has 0 bridgehead atoms. The molecule has 0 spiro atoms. The predicted octanol–water partition coefficient (Wildman–Crippen LogP) is 5.04. The third kappa shape index (κ3) is 4.91. The number of nitrogens with one attached hydrogen (secondary N) is 2. The molecule has 0 radical (unpaired) electrons. The number of amides is 1. The highest BCUT2D eigenvalue weighted by Gasteiger charge is 2.25. The van der Waals surface area contributed by atoms with Crippen molar-refractivity contribution in [3.05, 3.63) is 58.9 Å². The summed E-state index contributed by atoms with van der Waals surface area (Å²) < 4.78 is 3.07. The number of aryl methyl sites for hydroxylation is 1. The Bertz CT molecular complexity index is 1300. The highest BCUT2D eigenvalue weighted by atomic mass is 35.5. The average molecular weight is 499 g/mol. The normalized spacial score (nSPS) is 14.6. The minimum Gasteiger partial charge on any atom is -0.317 e. The molecule has 1 amide bonds. The molecule has 1 aliphatic heterocycles. The standard InChI is InChI=1S/C23H23ClN6OS2/c1-14-6-7-17-19(12-14)33-22(26-17)27-20(31)13-32-23-29-28-21(15-8-10-25-11-9-15)30(23)18-5-3-2-4-16(18)24/h2-7,12,15,25H,8-11,13H2,1H3,(H,26,27,31). The van der Waals surface area contributed by atoms with Crippen molar-refractivity contribution in [2.45, 2.75) is 30.8 Å². The second-order valence-corrected chi connectivity index (χ2v) is 10.4. The summed E-state index contributed by atoms with van der Waals surface area (Å²) in [5.74, 6) is 1.26. The number of benzene rings is 2. The number of nitrogens with zero attached hydrogens (tertiary/aromatic N) is 4. The van der Waals surface area contributed by atoms with E-state index in [0.29, 0.717) is 21.2 Å². The van der Waals surface area contributed by atoms with E-state index in [1.165, 1.54) is 28.7 Å². The Hall–Kier alpha value is -2.46. The van der Waals surface area contributed by atoms with Crippen LogP contribution in [0.4, 0.5) is 5.13 Å². The summed E-state index contributed by atoms with van der Waals surface area (Å²) in [6, 6.07) is 13.7. The van der Waals surface area contributed by atoms with E-state index in [-0.39, 0.29) is 11.7 Å². The average Bonchev–Trinajstić information content (AvgIpc) is 3.42. The van der Waals surface area contributed by atoms with Crippen LogP contribution >= 0.6 is 34.7 Å². The first-order valence-corrected chi connectivity index (χ1v) is 13.0. The van der Waals surface area contributed by atoms with Crippen LogP contribution in [-0.4, -0.2) is 44.5 Å². The molecule has 10 heteroatoms. The Kier molecular flexibility index (Phi) is 6.64. The minimum absolute atomic E-state index is 0.132. The van der Waals surface area contributed by atoms with Gasteiger partial charge >= 0.3 is 0 Å². The number of para-hydroxylation sites is 1. The molecule has 170 valence electrons. The van der Waals surface area contributed by atoms with E-state index in [1.54, 1.807) is 0 Å². The van der Waals surface area contributed by atoms with Gasteiger partial charge in [0.2, 0.25) is 5.91 Å². The molecular formula is C23H23ClN6OS2. The van der Waals surface area contributed by atoms with Gasteiger partial charge in [-0.25, -0.2) is 4.98 Å². The number of piperidine rings is 1. The fourth-order valence-corrected chi connectivity index (χ4v) is 5.90. The maximum absolute atomic E-state index is 12.7. The number of carbonyl (C=O) groups excluding carboxylic acids is 1. The summed E-state index contributed by atoms with van der Waals surface area (Å²) >= 11 is 9.36. The number of thiazole rings is 1. The third-order valence-electron chi connectivity index (χ3n) is 5.58. The molecule has 3 heterocycles.